The summed E-state index contributed by atoms with van der Waals surface area (Å²) in [6.07, 6.45) is 0.640. The number of methoxy groups -OCH3 is 1. The van der Waals surface area contributed by atoms with Crippen LogP contribution in [0.5, 0.6) is 0 Å². The van der Waals surface area contributed by atoms with Gasteiger partial charge in [-0.1, -0.05) is 0 Å². The number of fused-ring (bicyclic) bond motifs is 1. The van der Waals surface area contributed by atoms with Gasteiger partial charge < -0.3 is 4.74 Å². The number of carbonyl (C=O) groups excluding carboxylic acids is 2. The Balaban J connectivity index is 2.54. The standard InChI is InChI=1S/C12H12N2O5/c1-19-12(16)13-9-6-5-7-8(11(9)14(17)18)3-2-4-10(7)15/h5-6H,2-4H2,1H3,(H,13,16). The summed E-state index contributed by atoms with van der Waals surface area (Å²) in [6, 6.07) is 2.87. The topological polar surface area (TPSA) is 98.5 Å². The molecular formula is C12H12N2O5. The molecule has 19 heavy (non-hydrogen) atoms. The first-order valence-corrected chi connectivity index (χ1v) is 5.73. The summed E-state index contributed by atoms with van der Waals surface area (Å²) in [7, 11) is 1.17. The number of ether oxygens (including phenoxy) is 1. The summed E-state index contributed by atoms with van der Waals surface area (Å²) < 4.78 is 4.41. The minimum absolute atomic E-state index is 0.0466. The summed E-state index contributed by atoms with van der Waals surface area (Å²) in [5.74, 6) is -0.103. The first-order chi connectivity index (χ1) is 9.04. The Bertz CT molecular complexity index is 567. The van der Waals surface area contributed by atoms with Gasteiger partial charge in [0.2, 0.25) is 0 Å². The van der Waals surface area contributed by atoms with Gasteiger partial charge in [0.25, 0.3) is 5.69 Å². The van der Waals surface area contributed by atoms with Crippen molar-refractivity contribution in [3.8, 4) is 0 Å². The monoisotopic (exact) mass is 264 g/mol. The number of Topliss-reactive ketones (excluding diaryl/α,β-unsaturated/α-hetero) is 1. The quantitative estimate of drug-likeness (QED) is 0.652. The SMILES string of the molecule is COC(=O)Nc1ccc2c(c1[N+](=O)[O-])CCCC2=O. The summed E-state index contributed by atoms with van der Waals surface area (Å²) in [5, 5.41) is 13.5. The van der Waals surface area contributed by atoms with Crippen LogP contribution >= 0.6 is 0 Å². The summed E-state index contributed by atoms with van der Waals surface area (Å²) in [4.78, 5) is 33.5. The zero-order valence-corrected chi connectivity index (χ0v) is 10.3. The number of benzene rings is 1. The highest BCUT2D eigenvalue weighted by atomic mass is 16.6. The van der Waals surface area contributed by atoms with E-state index in [1.165, 1.54) is 19.2 Å². The van der Waals surface area contributed by atoms with Crippen molar-refractivity contribution < 1.29 is 19.2 Å². The lowest BCUT2D eigenvalue weighted by Gasteiger charge is -2.16. The molecule has 7 nitrogen and oxygen atoms in total. The van der Waals surface area contributed by atoms with Gasteiger partial charge in [0, 0.05) is 17.5 Å². The molecule has 0 aromatic heterocycles. The molecule has 2 rings (SSSR count). The second-order valence-electron chi connectivity index (χ2n) is 4.14. The van der Waals surface area contributed by atoms with Crippen LogP contribution in [0, 0.1) is 10.1 Å². The van der Waals surface area contributed by atoms with Crippen LogP contribution in [0.15, 0.2) is 12.1 Å². The van der Waals surface area contributed by atoms with Crippen LogP contribution in [0.4, 0.5) is 16.2 Å². The molecule has 0 saturated carbocycles. The van der Waals surface area contributed by atoms with Crippen molar-refractivity contribution in [2.75, 3.05) is 12.4 Å². The number of nitrogens with one attached hydrogen (secondary N) is 1. The fraction of sp³-hybridized carbons (Fsp3) is 0.333. The Labute approximate surface area is 108 Å². The van der Waals surface area contributed by atoms with Crippen LogP contribution in [-0.2, 0) is 11.2 Å². The average Bonchev–Trinajstić information content (AvgIpc) is 2.38. The second kappa shape index (κ2) is 5.05. The highest BCUT2D eigenvalue weighted by molar-refractivity contribution is 6.01. The van der Waals surface area contributed by atoms with Crippen molar-refractivity contribution in [1.82, 2.24) is 0 Å². The van der Waals surface area contributed by atoms with Crippen LogP contribution in [0.3, 0.4) is 0 Å². The van der Waals surface area contributed by atoms with Crippen LogP contribution in [0.25, 0.3) is 0 Å². The van der Waals surface area contributed by atoms with Crippen molar-refractivity contribution in [2.45, 2.75) is 19.3 Å². The highest BCUT2D eigenvalue weighted by Gasteiger charge is 2.29. The maximum atomic E-state index is 11.7. The Morgan fingerprint density at radius 1 is 1.42 bits per heavy atom. The van der Waals surface area contributed by atoms with Crippen LogP contribution in [-0.4, -0.2) is 23.9 Å². The van der Waals surface area contributed by atoms with E-state index >= 15 is 0 Å². The molecule has 0 heterocycles. The van der Waals surface area contributed by atoms with Gasteiger partial charge in [0.05, 0.1) is 12.0 Å². The van der Waals surface area contributed by atoms with Gasteiger partial charge in [-0.05, 0) is 25.0 Å². The lowest BCUT2D eigenvalue weighted by molar-refractivity contribution is -0.384. The first kappa shape index (κ1) is 13.0. The summed E-state index contributed by atoms with van der Waals surface area (Å²) >= 11 is 0. The Hall–Kier alpha value is -2.44. The summed E-state index contributed by atoms with van der Waals surface area (Å²) in [6.45, 7) is 0. The molecular weight excluding hydrogens is 252 g/mol. The van der Waals surface area contributed by atoms with Gasteiger partial charge in [0.15, 0.2) is 5.78 Å². The fourth-order valence-electron chi connectivity index (χ4n) is 2.18. The largest absolute Gasteiger partial charge is 0.453 e. The number of hydrogen-bond donors (Lipinski definition) is 1. The maximum absolute atomic E-state index is 11.7. The van der Waals surface area contributed by atoms with Gasteiger partial charge in [0.1, 0.15) is 5.69 Å². The van der Waals surface area contributed by atoms with Crippen LogP contribution in [0.1, 0.15) is 28.8 Å². The smallest absolute Gasteiger partial charge is 0.411 e. The number of amides is 1. The van der Waals surface area contributed by atoms with E-state index in [2.05, 4.69) is 10.1 Å². The predicted octanol–water partition coefficient (Wildman–Crippen LogP) is 2.29. The van der Waals surface area contributed by atoms with Gasteiger partial charge >= 0.3 is 6.09 Å². The van der Waals surface area contributed by atoms with Crippen molar-refractivity contribution in [3.05, 3.63) is 33.4 Å². The van der Waals surface area contributed by atoms with E-state index in [9.17, 15) is 19.7 Å². The molecule has 1 aliphatic rings. The molecule has 0 spiro atoms. The molecule has 1 amide bonds. The predicted molar refractivity (Wildman–Crippen MR) is 66.4 cm³/mol. The van der Waals surface area contributed by atoms with E-state index < -0.39 is 11.0 Å². The fourth-order valence-corrected chi connectivity index (χ4v) is 2.18. The first-order valence-electron chi connectivity index (χ1n) is 5.73. The van der Waals surface area contributed by atoms with Gasteiger partial charge in [-0.2, -0.15) is 0 Å². The molecule has 100 valence electrons. The summed E-state index contributed by atoms with van der Waals surface area (Å²) in [5.41, 5.74) is 0.574. The molecule has 0 unspecified atom stereocenters. The minimum Gasteiger partial charge on any atom is -0.453 e. The zero-order valence-electron chi connectivity index (χ0n) is 10.3. The van der Waals surface area contributed by atoms with Gasteiger partial charge in [-0.3, -0.25) is 20.2 Å². The third kappa shape index (κ3) is 2.40. The van der Waals surface area contributed by atoms with E-state index in [1.54, 1.807) is 0 Å². The Kier molecular flexibility index (Phi) is 3.46. The zero-order chi connectivity index (χ0) is 14.0. The third-order valence-corrected chi connectivity index (χ3v) is 3.02. The average molecular weight is 264 g/mol. The lowest BCUT2D eigenvalue weighted by Crippen LogP contribution is -2.17. The third-order valence-electron chi connectivity index (χ3n) is 3.02. The number of nitro groups is 1. The lowest BCUT2D eigenvalue weighted by atomic mass is 9.89. The molecule has 1 aliphatic carbocycles. The molecule has 0 aliphatic heterocycles. The number of rotatable bonds is 2. The number of nitro benzene ring substituents is 1. The normalized spacial score (nSPS) is 13.6. The van der Waals surface area contributed by atoms with Crippen LogP contribution < -0.4 is 5.32 Å². The van der Waals surface area contributed by atoms with E-state index in [0.29, 0.717) is 30.4 Å². The Morgan fingerprint density at radius 2 is 2.16 bits per heavy atom. The van der Waals surface area contributed by atoms with Crippen molar-refractivity contribution in [3.63, 3.8) is 0 Å². The van der Waals surface area contributed by atoms with E-state index in [1.807, 2.05) is 0 Å². The number of carbonyl (C=O) groups is 2. The van der Waals surface area contributed by atoms with Crippen molar-refractivity contribution in [2.24, 2.45) is 0 Å². The number of ketones is 1. The molecule has 0 bridgehead atoms. The molecule has 1 aromatic carbocycles. The maximum Gasteiger partial charge on any atom is 0.411 e. The van der Waals surface area contributed by atoms with Crippen molar-refractivity contribution >= 4 is 23.3 Å². The minimum atomic E-state index is -0.787. The molecule has 0 atom stereocenters. The van der Waals surface area contributed by atoms with Crippen LogP contribution in [0.2, 0.25) is 0 Å². The number of nitrogens with zero attached hydrogens (tertiary/aromatic N) is 1. The molecule has 0 fully saturated rings. The molecule has 7 heteroatoms. The number of hydrogen-bond acceptors (Lipinski definition) is 5. The molecule has 1 aromatic rings. The van der Waals surface area contributed by atoms with E-state index in [-0.39, 0.29) is 17.2 Å². The Morgan fingerprint density at radius 3 is 2.79 bits per heavy atom. The van der Waals surface area contributed by atoms with Gasteiger partial charge in [-0.25, -0.2) is 4.79 Å². The molecule has 1 N–H and O–H groups in total. The van der Waals surface area contributed by atoms with Crippen molar-refractivity contribution in [1.29, 1.82) is 0 Å². The van der Waals surface area contributed by atoms with E-state index in [4.69, 9.17) is 0 Å². The van der Waals surface area contributed by atoms with Gasteiger partial charge in [-0.15, -0.1) is 0 Å². The second-order valence-corrected chi connectivity index (χ2v) is 4.14. The molecule has 0 radical (unpaired) electrons. The van der Waals surface area contributed by atoms with E-state index in [0.717, 1.165) is 0 Å². The molecule has 0 saturated heterocycles. The number of anilines is 1. The highest BCUT2D eigenvalue weighted by Crippen LogP contribution is 2.35.